The third-order valence-corrected chi connectivity index (χ3v) is 6.12. The Kier molecular flexibility index (Phi) is 8.93. The summed E-state index contributed by atoms with van der Waals surface area (Å²) in [4.78, 5) is 11.6. The molecule has 1 aromatic heterocycles. The molecule has 0 aliphatic carbocycles. The van der Waals surface area contributed by atoms with E-state index in [1.165, 1.54) is 6.07 Å². The summed E-state index contributed by atoms with van der Waals surface area (Å²) < 4.78 is 23.3. The summed E-state index contributed by atoms with van der Waals surface area (Å²) in [6.45, 7) is 4.95. The van der Waals surface area contributed by atoms with Crippen molar-refractivity contribution in [1.29, 1.82) is 0 Å². The molecule has 0 saturated heterocycles. The second-order valence-corrected chi connectivity index (χ2v) is 8.78. The van der Waals surface area contributed by atoms with E-state index in [-0.39, 0.29) is 17.1 Å². The molecule has 0 unspecified atom stereocenters. The van der Waals surface area contributed by atoms with Crippen LogP contribution in [0.1, 0.15) is 48.2 Å². The van der Waals surface area contributed by atoms with Crippen LogP contribution in [0.4, 0.5) is 0 Å². The Labute approximate surface area is 222 Å². The van der Waals surface area contributed by atoms with Crippen LogP contribution >= 0.6 is 0 Å². The van der Waals surface area contributed by atoms with Crippen LogP contribution in [0.5, 0.6) is 28.7 Å². The number of aryl methyl sites for hydroxylation is 1. The number of carbonyl (C=O) groups is 1. The molecule has 1 heterocycles. The summed E-state index contributed by atoms with van der Waals surface area (Å²) in [5, 5.41) is 20.0. The molecule has 3 aromatic carbocycles. The molecule has 0 atom stereocenters. The second kappa shape index (κ2) is 12.7. The van der Waals surface area contributed by atoms with Crippen LogP contribution in [0, 0.1) is 0 Å². The van der Waals surface area contributed by atoms with Gasteiger partial charge in [0.1, 0.15) is 34.3 Å². The van der Waals surface area contributed by atoms with Gasteiger partial charge in [-0.15, -0.1) is 0 Å². The van der Waals surface area contributed by atoms with Crippen molar-refractivity contribution in [3.63, 3.8) is 0 Å². The fourth-order valence-corrected chi connectivity index (χ4v) is 4.22. The van der Waals surface area contributed by atoms with Gasteiger partial charge < -0.3 is 28.8 Å². The summed E-state index contributed by atoms with van der Waals surface area (Å²) >= 11 is 0. The van der Waals surface area contributed by atoms with Gasteiger partial charge in [0, 0.05) is 29.2 Å². The lowest BCUT2D eigenvalue weighted by molar-refractivity contribution is 0.0694. The largest absolute Gasteiger partial charge is 0.507 e. The van der Waals surface area contributed by atoms with Gasteiger partial charge >= 0.3 is 5.97 Å². The molecule has 0 aliphatic heterocycles. The van der Waals surface area contributed by atoms with Crippen LogP contribution < -0.4 is 14.2 Å². The van der Waals surface area contributed by atoms with E-state index in [2.05, 4.69) is 6.92 Å². The predicted octanol–water partition coefficient (Wildman–Crippen LogP) is 7.51. The third-order valence-electron chi connectivity index (χ3n) is 6.12. The number of phenolic OH excluding ortho intramolecular Hbond substituents is 1. The summed E-state index contributed by atoms with van der Waals surface area (Å²) in [6, 6.07) is 17.5. The SMILES string of the molecule is CCCc1c(OCCCOc2cc(O)c(-c3ccoc3)cc2CC)cccc1Oc1ccccc1C(=O)O. The van der Waals surface area contributed by atoms with Gasteiger partial charge in [-0.05, 0) is 54.8 Å². The van der Waals surface area contributed by atoms with Crippen molar-refractivity contribution < 1.29 is 33.6 Å². The highest BCUT2D eigenvalue weighted by Gasteiger charge is 2.16. The molecular weight excluding hydrogens is 484 g/mol. The molecule has 0 fully saturated rings. The standard InChI is InChI=1S/C31H32O7/c1-3-9-23-27(12-7-13-28(23)38-29-11-6-5-10-24(29)31(33)34)36-15-8-16-37-30-19-26(32)25(18-21(30)4-2)22-14-17-35-20-22/h5-7,10-14,17-20,32H,3-4,8-9,15-16H2,1-2H3,(H,33,34). The van der Waals surface area contributed by atoms with Gasteiger partial charge in [0.2, 0.25) is 0 Å². The van der Waals surface area contributed by atoms with Gasteiger partial charge in [0.15, 0.2) is 0 Å². The molecule has 2 N–H and O–H groups in total. The number of furan rings is 1. The van der Waals surface area contributed by atoms with Gasteiger partial charge in [0.05, 0.1) is 25.7 Å². The number of benzene rings is 3. The Morgan fingerprint density at radius 3 is 2.34 bits per heavy atom. The summed E-state index contributed by atoms with van der Waals surface area (Å²) in [5.74, 6) is 1.32. The van der Waals surface area contributed by atoms with Crippen LogP contribution in [0.3, 0.4) is 0 Å². The zero-order chi connectivity index (χ0) is 26.9. The van der Waals surface area contributed by atoms with E-state index in [1.54, 1.807) is 36.8 Å². The highest BCUT2D eigenvalue weighted by molar-refractivity contribution is 5.91. The molecule has 7 nitrogen and oxygen atoms in total. The second-order valence-electron chi connectivity index (χ2n) is 8.78. The first kappa shape index (κ1) is 26.7. The number of carboxylic acids is 1. The van der Waals surface area contributed by atoms with Gasteiger partial charge in [-0.2, -0.15) is 0 Å². The predicted molar refractivity (Wildman–Crippen MR) is 145 cm³/mol. The topological polar surface area (TPSA) is 98.4 Å². The van der Waals surface area contributed by atoms with E-state index in [4.69, 9.17) is 18.6 Å². The number of rotatable bonds is 13. The number of aromatic carboxylic acids is 1. The monoisotopic (exact) mass is 516 g/mol. The molecule has 7 heteroatoms. The van der Waals surface area contributed by atoms with Crippen molar-refractivity contribution in [2.75, 3.05) is 13.2 Å². The molecule has 0 spiro atoms. The van der Waals surface area contributed by atoms with E-state index in [9.17, 15) is 15.0 Å². The van der Waals surface area contributed by atoms with Crippen LogP contribution in [0.2, 0.25) is 0 Å². The Morgan fingerprint density at radius 2 is 1.63 bits per heavy atom. The molecule has 198 valence electrons. The van der Waals surface area contributed by atoms with Crippen LogP contribution in [-0.2, 0) is 12.8 Å². The lowest BCUT2D eigenvalue weighted by Crippen LogP contribution is -2.08. The number of para-hydroxylation sites is 1. The van der Waals surface area contributed by atoms with Gasteiger partial charge in [-0.1, -0.05) is 38.5 Å². The average molecular weight is 517 g/mol. The minimum absolute atomic E-state index is 0.105. The minimum atomic E-state index is -1.04. The number of carboxylic acid groups (broad SMARTS) is 1. The van der Waals surface area contributed by atoms with Crippen LogP contribution in [0.15, 0.2) is 77.6 Å². The minimum Gasteiger partial charge on any atom is -0.507 e. The van der Waals surface area contributed by atoms with E-state index in [0.717, 1.165) is 36.0 Å². The lowest BCUT2D eigenvalue weighted by atomic mass is 10.0. The molecule has 0 saturated carbocycles. The van der Waals surface area contributed by atoms with E-state index in [0.29, 0.717) is 42.4 Å². The zero-order valence-corrected chi connectivity index (χ0v) is 21.6. The number of hydrogen-bond acceptors (Lipinski definition) is 6. The van der Waals surface area contributed by atoms with Gasteiger partial charge in [-0.25, -0.2) is 4.79 Å². The Balaban J connectivity index is 1.39. The highest BCUT2D eigenvalue weighted by atomic mass is 16.5. The summed E-state index contributed by atoms with van der Waals surface area (Å²) in [5.41, 5.74) is 3.52. The molecule has 0 amide bonds. The average Bonchev–Trinajstić information content (AvgIpc) is 3.45. The number of hydrogen-bond donors (Lipinski definition) is 2. The van der Waals surface area contributed by atoms with Crippen LogP contribution in [-0.4, -0.2) is 29.4 Å². The molecule has 4 aromatic rings. The first-order valence-corrected chi connectivity index (χ1v) is 12.8. The van der Waals surface area contributed by atoms with Crippen LogP contribution in [0.25, 0.3) is 11.1 Å². The fourth-order valence-electron chi connectivity index (χ4n) is 4.22. The maximum Gasteiger partial charge on any atom is 0.339 e. The third kappa shape index (κ3) is 6.29. The smallest absolute Gasteiger partial charge is 0.339 e. The van der Waals surface area contributed by atoms with Crippen molar-refractivity contribution in [2.24, 2.45) is 0 Å². The number of ether oxygens (including phenoxy) is 3. The normalized spacial score (nSPS) is 10.8. The summed E-state index contributed by atoms with van der Waals surface area (Å²) in [6.07, 6.45) is 6.16. The molecule has 0 aliphatic rings. The van der Waals surface area contributed by atoms with E-state index in [1.807, 2.05) is 37.3 Å². The van der Waals surface area contributed by atoms with Crippen molar-refractivity contribution in [3.05, 3.63) is 89.9 Å². The highest BCUT2D eigenvalue weighted by Crippen LogP contribution is 2.37. The quantitative estimate of drug-likeness (QED) is 0.177. The Hall–Kier alpha value is -4.39. The van der Waals surface area contributed by atoms with Crippen molar-refractivity contribution in [2.45, 2.75) is 39.5 Å². The maximum atomic E-state index is 11.6. The van der Waals surface area contributed by atoms with Crippen molar-refractivity contribution in [1.82, 2.24) is 0 Å². The van der Waals surface area contributed by atoms with Gasteiger partial charge in [-0.3, -0.25) is 0 Å². The lowest BCUT2D eigenvalue weighted by Gasteiger charge is -2.17. The van der Waals surface area contributed by atoms with Crippen molar-refractivity contribution in [3.8, 4) is 39.9 Å². The van der Waals surface area contributed by atoms with Crippen molar-refractivity contribution >= 4 is 5.97 Å². The van der Waals surface area contributed by atoms with E-state index < -0.39 is 5.97 Å². The zero-order valence-electron chi connectivity index (χ0n) is 21.6. The first-order chi connectivity index (χ1) is 18.5. The molecular formula is C31H32O7. The Morgan fingerprint density at radius 1 is 0.895 bits per heavy atom. The fraction of sp³-hybridized carbons (Fsp3) is 0.258. The maximum absolute atomic E-state index is 11.6. The Bertz CT molecular complexity index is 1360. The number of phenols is 1. The molecule has 0 bridgehead atoms. The number of aromatic hydroxyl groups is 1. The molecule has 4 rings (SSSR count). The van der Waals surface area contributed by atoms with E-state index >= 15 is 0 Å². The van der Waals surface area contributed by atoms with Gasteiger partial charge in [0.25, 0.3) is 0 Å². The summed E-state index contributed by atoms with van der Waals surface area (Å²) in [7, 11) is 0. The molecule has 38 heavy (non-hydrogen) atoms. The first-order valence-electron chi connectivity index (χ1n) is 12.8. The molecule has 0 radical (unpaired) electrons.